The molecule has 3 heteroatoms. The maximum absolute atomic E-state index is 12.0. The zero-order valence-electron chi connectivity index (χ0n) is 12.3. The monoisotopic (exact) mass is 274 g/mol. The van der Waals surface area contributed by atoms with Crippen molar-refractivity contribution in [3.05, 3.63) is 35.9 Å². The van der Waals surface area contributed by atoms with E-state index in [1.807, 2.05) is 30.3 Å². The molecule has 0 radical (unpaired) electrons. The second-order valence-corrected chi connectivity index (χ2v) is 6.18. The Bertz CT molecular complexity index is 418. The van der Waals surface area contributed by atoms with Gasteiger partial charge in [-0.15, -0.1) is 0 Å². The molecule has 1 aromatic rings. The van der Waals surface area contributed by atoms with Gasteiger partial charge in [0.05, 0.1) is 6.04 Å². The van der Waals surface area contributed by atoms with Gasteiger partial charge in [0.2, 0.25) is 5.91 Å². The highest BCUT2D eigenvalue weighted by Crippen LogP contribution is 2.27. The summed E-state index contributed by atoms with van der Waals surface area (Å²) in [6, 6.07) is 9.50. The summed E-state index contributed by atoms with van der Waals surface area (Å²) in [6.07, 6.45) is 5.69. The number of hydrogen-bond donors (Lipinski definition) is 2. The van der Waals surface area contributed by atoms with E-state index in [1.54, 1.807) is 0 Å². The van der Waals surface area contributed by atoms with E-state index in [-0.39, 0.29) is 5.91 Å². The molecule has 1 aliphatic rings. The molecule has 3 N–H and O–H groups in total. The van der Waals surface area contributed by atoms with Gasteiger partial charge in [0, 0.05) is 6.54 Å². The molecule has 1 saturated carbocycles. The van der Waals surface area contributed by atoms with Crippen LogP contribution in [-0.4, -0.2) is 18.5 Å². The summed E-state index contributed by atoms with van der Waals surface area (Å²) in [5.41, 5.74) is 7.09. The lowest BCUT2D eigenvalue weighted by Crippen LogP contribution is -2.44. The molecule has 0 aliphatic heterocycles. The Morgan fingerprint density at radius 1 is 1.35 bits per heavy atom. The van der Waals surface area contributed by atoms with E-state index < -0.39 is 6.04 Å². The Balaban J connectivity index is 1.74. The molecule has 2 rings (SSSR count). The first-order chi connectivity index (χ1) is 9.65. The van der Waals surface area contributed by atoms with Crippen molar-refractivity contribution in [3.63, 3.8) is 0 Å². The van der Waals surface area contributed by atoms with Crippen molar-refractivity contribution in [2.45, 2.75) is 45.1 Å². The van der Waals surface area contributed by atoms with Crippen molar-refractivity contribution < 1.29 is 4.79 Å². The van der Waals surface area contributed by atoms with Crippen molar-refractivity contribution >= 4 is 5.91 Å². The standard InChI is InChI=1S/C17H26N2O/c1-13-6-5-9-15(10-13)12-19-17(20)16(18)11-14-7-3-2-4-8-14/h2-4,7-8,13,15-16H,5-6,9-12,18H2,1H3,(H,19,20)/t13?,15?,16-/m0/s1. The smallest absolute Gasteiger partial charge is 0.237 e. The highest BCUT2D eigenvalue weighted by atomic mass is 16.2. The lowest BCUT2D eigenvalue weighted by Gasteiger charge is -2.27. The molecule has 0 saturated heterocycles. The van der Waals surface area contributed by atoms with Gasteiger partial charge >= 0.3 is 0 Å². The number of amides is 1. The van der Waals surface area contributed by atoms with Crippen LogP contribution in [0.25, 0.3) is 0 Å². The highest BCUT2D eigenvalue weighted by molar-refractivity contribution is 5.81. The predicted octanol–water partition coefficient (Wildman–Crippen LogP) is 2.50. The summed E-state index contributed by atoms with van der Waals surface area (Å²) >= 11 is 0. The fourth-order valence-electron chi connectivity index (χ4n) is 3.08. The number of nitrogens with two attached hydrogens (primary N) is 1. The van der Waals surface area contributed by atoms with E-state index in [0.29, 0.717) is 12.3 Å². The van der Waals surface area contributed by atoms with Gasteiger partial charge < -0.3 is 11.1 Å². The van der Waals surface area contributed by atoms with Crippen LogP contribution in [0.2, 0.25) is 0 Å². The van der Waals surface area contributed by atoms with Gasteiger partial charge in [-0.25, -0.2) is 0 Å². The molecule has 3 atom stereocenters. The largest absolute Gasteiger partial charge is 0.354 e. The van der Waals surface area contributed by atoms with Gasteiger partial charge in [0.25, 0.3) is 0 Å². The van der Waals surface area contributed by atoms with Gasteiger partial charge in [-0.05, 0) is 36.7 Å². The summed E-state index contributed by atoms with van der Waals surface area (Å²) in [5.74, 6) is 1.40. The number of nitrogens with one attached hydrogen (secondary N) is 1. The van der Waals surface area contributed by atoms with Crippen LogP contribution in [0.15, 0.2) is 30.3 Å². The third-order valence-corrected chi connectivity index (χ3v) is 4.25. The van der Waals surface area contributed by atoms with Crippen LogP contribution < -0.4 is 11.1 Å². The van der Waals surface area contributed by atoms with Crippen LogP contribution in [0.4, 0.5) is 0 Å². The van der Waals surface area contributed by atoms with Gasteiger partial charge in [-0.2, -0.15) is 0 Å². The minimum absolute atomic E-state index is 0.0212. The number of benzene rings is 1. The molecule has 1 aromatic carbocycles. The van der Waals surface area contributed by atoms with Gasteiger partial charge in [0.15, 0.2) is 0 Å². The molecule has 1 aliphatic carbocycles. The summed E-state index contributed by atoms with van der Waals surface area (Å²) in [4.78, 5) is 12.0. The molecule has 0 bridgehead atoms. The second kappa shape index (κ2) is 7.44. The summed E-state index contributed by atoms with van der Waals surface area (Å²) in [5, 5.41) is 3.03. The van der Waals surface area contributed by atoms with Gasteiger partial charge in [0.1, 0.15) is 0 Å². The second-order valence-electron chi connectivity index (χ2n) is 6.18. The molecule has 0 heterocycles. The van der Waals surface area contributed by atoms with Crippen molar-refractivity contribution in [1.82, 2.24) is 5.32 Å². The maximum Gasteiger partial charge on any atom is 0.237 e. The van der Waals surface area contributed by atoms with E-state index in [4.69, 9.17) is 5.73 Å². The minimum atomic E-state index is -0.446. The van der Waals surface area contributed by atoms with E-state index in [2.05, 4.69) is 12.2 Å². The van der Waals surface area contributed by atoms with Crippen molar-refractivity contribution in [1.29, 1.82) is 0 Å². The Morgan fingerprint density at radius 2 is 2.10 bits per heavy atom. The summed E-state index contributed by atoms with van der Waals surface area (Å²) < 4.78 is 0. The predicted molar refractivity (Wildman–Crippen MR) is 82.3 cm³/mol. The number of carbonyl (C=O) groups is 1. The number of rotatable bonds is 5. The van der Waals surface area contributed by atoms with Crippen LogP contribution in [0, 0.1) is 11.8 Å². The summed E-state index contributed by atoms with van der Waals surface area (Å²) in [6.45, 7) is 3.08. The third-order valence-electron chi connectivity index (χ3n) is 4.25. The average Bonchev–Trinajstić information content (AvgIpc) is 2.46. The topological polar surface area (TPSA) is 55.1 Å². The quantitative estimate of drug-likeness (QED) is 0.866. The average molecular weight is 274 g/mol. The highest BCUT2D eigenvalue weighted by Gasteiger charge is 2.20. The zero-order chi connectivity index (χ0) is 14.4. The van der Waals surface area contributed by atoms with Gasteiger partial charge in [-0.1, -0.05) is 50.1 Å². The molecule has 0 spiro atoms. The first-order valence-electron chi connectivity index (χ1n) is 7.72. The third kappa shape index (κ3) is 4.64. The Kier molecular flexibility index (Phi) is 5.60. The molecule has 3 nitrogen and oxygen atoms in total. The van der Waals surface area contributed by atoms with E-state index >= 15 is 0 Å². The normalized spacial score (nSPS) is 24.1. The number of carbonyl (C=O) groups excluding carboxylic acids is 1. The van der Waals surface area contributed by atoms with Crippen molar-refractivity contribution in [3.8, 4) is 0 Å². The number of hydrogen-bond acceptors (Lipinski definition) is 2. The lowest BCUT2D eigenvalue weighted by molar-refractivity contribution is -0.122. The molecule has 1 fully saturated rings. The Labute approximate surface area is 121 Å². The lowest BCUT2D eigenvalue weighted by atomic mass is 9.82. The maximum atomic E-state index is 12.0. The van der Waals surface area contributed by atoms with E-state index in [0.717, 1.165) is 18.0 Å². The van der Waals surface area contributed by atoms with Crippen LogP contribution >= 0.6 is 0 Å². The molecule has 110 valence electrons. The van der Waals surface area contributed by atoms with Crippen LogP contribution in [-0.2, 0) is 11.2 Å². The Hall–Kier alpha value is -1.35. The fraction of sp³-hybridized carbons (Fsp3) is 0.588. The van der Waals surface area contributed by atoms with E-state index in [1.165, 1.54) is 25.7 Å². The van der Waals surface area contributed by atoms with Crippen LogP contribution in [0.1, 0.15) is 38.2 Å². The molecule has 1 amide bonds. The zero-order valence-corrected chi connectivity index (χ0v) is 12.3. The molecular formula is C17H26N2O. The molecular weight excluding hydrogens is 248 g/mol. The van der Waals surface area contributed by atoms with Crippen molar-refractivity contribution in [2.24, 2.45) is 17.6 Å². The van der Waals surface area contributed by atoms with E-state index in [9.17, 15) is 4.79 Å². The fourth-order valence-corrected chi connectivity index (χ4v) is 3.08. The first-order valence-corrected chi connectivity index (χ1v) is 7.72. The molecule has 2 unspecified atom stereocenters. The summed E-state index contributed by atoms with van der Waals surface area (Å²) in [7, 11) is 0. The Morgan fingerprint density at radius 3 is 2.80 bits per heavy atom. The van der Waals surface area contributed by atoms with Crippen LogP contribution in [0.5, 0.6) is 0 Å². The van der Waals surface area contributed by atoms with Gasteiger partial charge in [-0.3, -0.25) is 4.79 Å². The first kappa shape index (κ1) is 15.0. The van der Waals surface area contributed by atoms with Crippen molar-refractivity contribution in [2.75, 3.05) is 6.54 Å². The molecule has 20 heavy (non-hydrogen) atoms. The van der Waals surface area contributed by atoms with Crippen LogP contribution in [0.3, 0.4) is 0 Å². The minimum Gasteiger partial charge on any atom is -0.354 e. The molecule has 0 aromatic heterocycles. The SMILES string of the molecule is CC1CCCC(CNC(=O)[C@@H](N)Cc2ccccc2)C1.